The number of hydrogen-bond donors (Lipinski definition) is 1. The van der Waals surface area contributed by atoms with Crippen LogP contribution < -0.4 is 14.8 Å². The quantitative estimate of drug-likeness (QED) is 0.317. The van der Waals surface area contributed by atoms with Crippen molar-refractivity contribution >= 4 is 23.4 Å². The Labute approximate surface area is 209 Å². The van der Waals surface area contributed by atoms with E-state index < -0.39 is 4.75 Å². The van der Waals surface area contributed by atoms with Gasteiger partial charge in [0, 0.05) is 17.4 Å². The molecular formula is C27H28N4O3S. The minimum Gasteiger partial charge on any atom is -0.497 e. The van der Waals surface area contributed by atoms with Crippen LogP contribution >= 0.6 is 11.8 Å². The van der Waals surface area contributed by atoms with Crippen LogP contribution in [-0.2, 0) is 4.79 Å². The monoisotopic (exact) mass is 488 g/mol. The highest BCUT2D eigenvalue weighted by atomic mass is 32.2. The van der Waals surface area contributed by atoms with Gasteiger partial charge in [0.25, 0.3) is 0 Å². The van der Waals surface area contributed by atoms with Gasteiger partial charge in [-0.15, -0.1) is 10.2 Å². The number of para-hydroxylation sites is 1. The van der Waals surface area contributed by atoms with Gasteiger partial charge in [0.2, 0.25) is 5.91 Å². The van der Waals surface area contributed by atoms with E-state index in [-0.39, 0.29) is 5.91 Å². The molecule has 0 atom stereocenters. The van der Waals surface area contributed by atoms with Crippen molar-refractivity contribution < 1.29 is 14.3 Å². The van der Waals surface area contributed by atoms with Gasteiger partial charge >= 0.3 is 0 Å². The molecule has 0 aliphatic rings. The number of carbonyl (C=O) groups excluding carboxylic acids is 1. The summed E-state index contributed by atoms with van der Waals surface area (Å²) in [5.41, 5.74) is 3.52. The number of ether oxygens (including phenoxy) is 2. The smallest absolute Gasteiger partial charge is 0.240 e. The zero-order valence-electron chi connectivity index (χ0n) is 20.4. The number of nitrogens with zero attached hydrogens (tertiary/aromatic N) is 3. The Hall–Kier alpha value is -3.78. The number of thioether (sulfide) groups is 1. The second kappa shape index (κ2) is 10.2. The molecular weight excluding hydrogens is 460 g/mol. The van der Waals surface area contributed by atoms with Crippen LogP contribution in [0.5, 0.6) is 11.5 Å². The van der Waals surface area contributed by atoms with Crippen LogP contribution in [-0.4, -0.2) is 39.6 Å². The Morgan fingerprint density at radius 1 is 0.943 bits per heavy atom. The van der Waals surface area contributed by atoms with Crippen LogP contribution in [0.25, 0.3) is 17.1 Å². The number of amides is 1. The zero-order valence-corrected chi connectivity index (χ0v) is 21.2. The van der Waals surface area contributed by atoms with Crippen molar-refractivity contribution in [2.24, 2.45) is 0 Å². The van der Waals surface area contributed by atoms with Crippen LogP contribution in [0.2, 0.25) is 0 Å². The van der Waals surface area contributed by atoms with E-state index in [1.165, 1.54) is 11.8 Å². The third-order valence-electron chi connectivity index (χ3n) is 5.49. The molecule has 0 unspecified atom stereocenters. The Morgan fingerprint density at radius 3 is 2.40 bits per heavy atom. The van der Waals surface area contributed by atoms with Crippen molar-refractivity contribution in [3.05, 3.63) is 78.4 Å². The summed E-state index contributed by atoms with van der Waals surface area (Å²) in [7, 11) is 3.23. The van der Waals surface area contributed by atoms with Crippen LogP contribution in [0.3, 0.4) is 0 Å². The lowest BCUT2D eigenvalue weighted by molar-refractivity contribution is -0.117. The molecule has 8 heteroatoms. The fourth-order valence-electron chi connectivity index (χ4n) is 3.52. The van der Waals surface area contributed by atoms with Crippen molar-refractivity contribution in [3.63, 3.8) is 0 Å². The minimum atomic E-state index is -0.851. The number of anilines is 1. The Morgan fingerprint density at radius 2 is 1.69 bits per heavy atom. The number of methoxy groups -OCH3 is 2. The molecule has 0 aliphatic carbocycles. The largest absolute Gasteiger partial charge is 0.497 e. The Balaban J connectivity index is 1.71. The normalized spacial score (nSPS) is 11.2. The molecule has 3 aromatic carbocycles. The average molecular weight is 489 g/mol. The summed E-state index contributed by atoms with van der Waals surface area (Å²) in [4.78, 5) is 13.3. The lowest BCUT2D eigenvalue weighted by Gasteiger charge is -2.23. The number of aryl methyl sites for hydroxylation is 1. The number of carbonyl (C=O) groups is 1. The average Bonchev–Trinajstić information content (AvgIpc) is 3.27. The van der Waals surface area contributed by atoms with Gasteiger partial charge < -0.3 is 14.8 Å². The summed E-state index contributed by atoms with van der Waals surface area (Å²) in [5, 5.41) is 12.6. The van der Waals surface area contributed by atoms with E-state index >= 15 is 0 Å². The molecule has 1 amide bonds. The van der Waals surface area contributed by atoms with Crippen LogP contribution in [0.15, 0.2) is 78.0 Å². The first-order chi connectivity index (χ1) is 16.8. The van der Waals surface area contributed by atoms with Crippen molar-refractivity contribution in [2.75, 3.05) is 19.5 Å². The van der Waals surface area contributed by atoms with Gasteiger partial charge in [-0.1, -0.05) is 47.7 Å². The molecule has 0 aliphatic heterocycles. The minimum absolute atomic E-state index is 0.159. The first-order valence-corrected chi connectivity index (χ1v) is 11.9. The van der Waals surface area contributed by atoms with E-state index in [9.17, 15) is 4.79 Å². The van der Waals surface area contributed by atoms with E-state index in [1.54, 1.807) is 20.3 Å². The Bertz CT molecular complexity index is 1330. The van der Waals surface area contributed by atoms with Gasteiger partial charge in [0.05, 0.1) is 24.5 Å². The third-order valence-corrected chi connectivity index (χ3v) is 6.64. The molecule has 180 valence electrons. The summed E-state index contributed by atoms with van der Waals surface area (Å²) in [6.07, 6.45) is 0. The lowest BCUT2D eigenvalue weighted by Crippen LogP contribution is -2.34. The Kier molecular flexibility index (Phi) is 7.12. The van der Waals surface area contributed by atoms with Crippen molar-refractivity contribution in [1.29, 1.82) is 0 Å². The van der Waals surface area contributed by atoms with Gasteiger partial charge in [-0.2, -0.15) is 0 Å². The third kappa shape index (κ3) is 5.33. The molecule has 4 rings (SSSR count). The predicted octanol–water partition coefficient (Wildman–Crippen LogP) is 5.77. The molecule has 35 heavy (non-hydrogen) atoms. The number of rotatable bonds is 8. The summed E-state index contributed by atoms with van der Waals surface area (Å²) < 4.78 is 12.0. The highest BCUT2D eigenvalue weighted by Gasteiger charge is 2.33. The maximum atomic E-state index is 13.3. The maximum Gasteiger partial charge on any atom is 0.240 e. The van der Waals surface area contributed by atoms with Crippen LogP contribution in [0, 0.1) is 6.92 Å². The van der Waals surface area contributed by atoms with Crippen molar-refractivity contribution in [2.45, 2.75) is 30.7 Å². The number of hydrogen-bond acceptors (Lipinski definition) is 6. The van der Waals surface area contributed by atoms with E-state index in [4.69, 9.17) is 9.47 Å². The first kappa shape index (κ1) is 24.3. The molecule has 0 radical (unpaired) electrons. The standard InChI is InChI=1S/C27H28N4O3S/c1-18-13-15-20(16-14-18)31-24(22-11-6-7-12-23(22)34-5)29-30-26(31)35-27(2,3)25(32)28-19-9-8-10-21(17-19)33-4/h6-17H,1-5H3,(H,28,32). The topological polar surface area (TPSA) is 78.3 Å². The van der Waals surface area contributed by atoms with E-state index in [1.807, 2.05) is 92.1 Å². The van der Waals surface area contributed by atoms with E-state index in [0.717, 1.165) is 16.8 Å². The molecule has 1 aromatic heterocycles. The molecule has 0 spiro atoms. The van der Waals surface area contributed by atoms with Gasteiger partial charge in [-0.3, -0.25) is 9.36 Å². The van der Waals surface area contributed by atoms with E-state index in [2.05, 4.69) is 15.5 Å². The fourth-order valence-corrected chi connectivity index (χ4v) is 4.49. The predicted molar refractivity (Wildman–Crippen MR) is 140 cm³/mol. The molecule has 1 N–H and O–H groups in total. The first-order valence-electron chi connectivity index (χ1n) is 11.1. The maximum absolute atomic E-state index is 13.3. The highest BCUT2D eigenvalue weighted by Crippen LogP contribution is 2.38. The second-order valence-corrected chi connectivity index (χ2v) is 10.1. The number of benzene rings is 3. The molecule has 0 saturated carbocycles. The van der Waals surface area contributed by atoms with Gasteiger partial charge in [0.1, 0.15) is 11.5 Å². The van der Waals surface area contributed by atoms with E-state index in [0.29, 0.717) is 28.2 Å². The lowest BCUT2D eigenvalue weighted by atomic mass is 10.1. The van der Waals surface area contributed by atoms with Gasteiger partial charge in [-0.05, 0) is 57.2 Å². The molecule has 0 bridgehead atoms. The summed E-state index contributed by atoms with van der Waals surface area (Å²) in [6, 6.07) is 23.1. The van der Waals surface area contributed by atoms with Gasteiger partial charge in [-0.25, -0.2) is 0 Å². The van der Waals surface area contributed by atoms with Crippen molar-refractivity contribution in [1.82, 2.24) is 14.8 Å². The molecule has 0 fully saturated rings. The zero-order chi connectivity index (χ0) is 25.0. The SMILES string of the molecule is COc1cccc(NC(=O)C(C)(C)Sc2nnc(-c3ccccc3OC)n2-c2ccc(C)cc2)c1. The number of aromatic nitrogens is 3. The summed E-state index contributed by atoms with van der Waals surface area (Å²) in [5.74, 6) is 1.85. The van der Waals surface area contributed by atoms with Crippen molar-refractivity contribution in [3.8, 4) is 28.6 Å². The highest BCUT2D eigenvalue weighted by molar-refractivity contribution is 8.01. The molecule has 4 aromatic rings. The molecule has 0 saturated heterocycles. The molecule has 7 nitrogen and oxygen atoms in total. The van der Waals surface area contributed by atoms with Crippen LogP contribution in [0.1, 0.15) is 19.4 Å². The number of nitrogens with one attached hydrogen (secondary N) is 1. The second-order valence-electron chi connectivity index (χ2n) is 8.48. The summed E-state index contributed by atoms with van der Waals surface area (Å²) in [6.45, 7) is 5.77. The summed E-state index contributed by atoms with van der Waals surface area (Å²) >= 11 is 1.34. The van der Waals surface area contributed by atoms with Crippen LogP contribution in [0.4, 0.5) is 5.69 Å². The molecule has 1 heterocycles. The van der Waals surface area contributed by atoms with Gasteiger partial charge in [0.15, 0.2) is 11.0 Å². The fraction of sp³-hybridized carbons (Fsp3) is 0.222.